The van der Waals surface area contributed by atoms with Crippen molar-refractivity contribution in [3.8, 4) is 0 Å². The topological polar surface area (TPSA) is 79.6 Å². The monoisotopic (exact) mass is 326 g/mol. The quantitative estimate of drug-likeness (QED) is 0.633. The summed E-state index contributed by atoms with van der Waals surface area (Å²) >= 11 is 0. The summed E-state index contributed by atoms with van der Waals surface area (Å²) in [6.45, 7) is 2.82. The summed E-state index contributed by atoms with van der Waals surface area (Å²) in [4.78, 5) is 30.9. The zero-order chi connectivity index (χ0) is 16.9. The SMILES string of the molecule is O=C(Cc1ccc([N+](=O)[O-])cc1)N1CCN(c2ccccn2)CC1. The molecule has 24 heavy (non-hydrogen) atoms. The molecule has 1 aromatic heterocycles. The highest BCUT2D eigenvalue weighted by Crippen LogP contribution is 2.15. The van der Waals surface area contributed by atoms with Crippen molar-refractivity contribution in [2.75, 3.05) is 31.1 Å². The third kappa shape index (κ3) is 3.68. The first-order chi connectivity index (χ1) is 11.6. The fourth-order valence-corrected chi connectivity index (χ4v) is 2.75. The number of hydrogen-bond acceptors (Lipinski definition) is 5. The first-order valence-corrected chi connectivity index (χ1v) is 7.80. The molecular weight excluding hydrogens is 308 g/mol. The molecule has 1 amide bonds. The number of carbonyl (C=O) groups excluding carboxylic acids is 1. The van der Waals surface area contributed by atoms with Crippen LogP contribution in [0.2, 0.25) is 0 Å². The molecule has 0 unspecified atom stereocenters. The summed E-state index contributed by atoms with van der Waals surface area (Å²) in [7, 11) is 0. The third-order valence-corrected chi connectivity index (χ3v) is 4.11. The van der Waals surface area contributed by atoms with Gasteiger partial charge in [-0.15, -0.1) is 0 Å². The fourth-order valence-electron chi connectivity index (χ4n) is 2.75. The molecule has 1 saturated heterocycles. The van der Waals surface area contributed by atoms with Crippen molar-refractivity contribution in [2.24, 2.45) is 0 Å². The van der Waals surface area contributed by atoms with E-state index in [9.17, 15) is 14.9 Å². The van der Waals surface area contributed by atoms with Crippen LogP contribution in [0.15, 0.2) is 48.7 Å². The molecule has 2 aromatic rings. The maximum atomic E-state index is 12.4. The van der Waals surface area contributed by atoms with Gasteiger partial charge in [0.15, 0.2) is 0 Å². The van der Waals surface area contributed by atoms with Crippen LogP contribution in [0.3, 0.4) is 0 Å². The minimum Gasteiger partial charge on any atom is -0.353 e. The molecule has 1 fully saturated rings. The lowest BCUT2D eigenvalue weighted by atomic mass is 10.1. The van der Waals surface area contributed by atoms with Gasteiger partial charge in [-0.2, -0.15) is 0 Å². The van der Waals surface area contributed by atoms with Gasteiger partial charge in [-0.05, 0) is 17.7 Å². The Morgan fingerprint density at radius 1 is 1.08 bits per heavy atom. The molecule has 0 aliphatic carbocycles. The number of rotatable bonds is 4. The number of nitro groups is 1. The molecule has 1 aliphatic rings. The zero-order valence-electron chi connectivity index (χ0n) is 13.2. The van der Waals surface area contributed by atoms with Crippen LogP contribution in [-0.2, 0) is 11.2 Å². The summed E-state index contributed by atoms with van der Waals surface area (Å²) in [6.07, 6.45) is 2.03. The van der Waals surface area contributed by atoms with E-state index < -0.39 is 4.92 Å². The van der Waals surface area contributed by atoms with Gasteiger partial charge in [0.1, 0.15) is 5.82 Å². The van der Waals surface area contributed by atoms with Crippen molar-refractivity contribution in [3.05, 3.63) is 64.3 Å². The molecule has 124 valence electrons. The van der Waals surface area contributed by atoms with E-state index in [4.69, 9.17) is 0 Å². The Balaban J connectivity index is 1.54. The van der Waals surface area contributed by atoms with Crippen LogP contribution in [0.25, 0.3) is 0 Å². The van der Waals surface area contributed by atoms with E-state index in [1.165, 1.54) is 12.1 Å². The molecule has 0 radical (unpaired) electrons. The zero-order valence-corrected chi connectivity index (χ0v) is 13.2. The molecule has 0 N–H and O–H groups in total. The highest BCUT2D eigenvalue weighted by atomic mass is 16.6. The maximum Gasteiger partial charge on any atom is 0.269 e. The van der Waals surface area contributed by atoms with E-state index in [0.29, 0.717) is 13.1 Å². The van der Waals surface area contributed by atoms with Gasteiger partial charge in [0.05, 0.1) is 11.3 Å². The Kier molecular flexibility index (Phi) is 4.69. The minimum absolute atomic E-state index is 0.0372. The Morgan fingerprint density at radius 2 is 1.79 bits per heavy atom. The predicted octanol–water partition coefficient (Wildman–Crippen LogP) is 1.88. The molecule has 0 bridgehead atoms. The first kappa shape index (κ1) is 15.9. The van der Waals surface area contributed by atoms with Gasteiger partial charge < -0.3 is 9.80 Å². The van der Waals surface area contributed by atoms with Crippen molar-refractivity contribution in [1.29, 1.82) is 0 Å². The van der Waals surface area contributed by atoms with Gasteiger partial charge in [0.25, 0.3) is 5.69 Å². The van der Waals surface area contributed by atoms with Crippen LogP contribution in [0.1, 0.15) is 5.56 Å². The van der Waals surface area contributed by atoms with E-state index in [1.54, 1.807) is 18.3 Å². The number of nitrogens with zero attached hydrogens (tertiary/aromatic N) is 4. The van der Waals surface area contributed by atoms with Crippen LogP contribution in [0.4, 0.5) is 11.5 Å². The van der Waals surface area contributed by atoms with Gasteiger partial charge in [0, 0.05) is 44.5 Å². The van der Waals surface area contributed by atoms with Crippen LogP contribution in [0, 0.1) is 10.1 Å². The van der Waals surface area contributed by atoms with Gasteiger partial charge in [0.2, 0.25) is 5.91 Å². The second kappa shape index (κ2) is 7.08. The Morgan fingerprint density at radius 3 is 2.38 bits per heavy atom. The molecular formula is C17H18N4O3. The van der Waals surface area contributed by atoms with Crippen molar-refractivity contribution < 1.29 is 9.72 Å². The Bertz CT molecular complexity index is 710. The van der Waals surface area contributed by atoms with Crippen LogP contribution < -0.4 is 4.90 Å². The van der Waals surface area contributed by atoms with E-state index in [2.05, 4.69) is 9.88 Å². The first-order valence-electron chi connectivity index (χ1n) is 7.80. The second-order valence-electron chi connectivity index (χ2n) is 5.66. The number of benzene rings is 1. The molecule has 2 heterocycles. The third-order valence-electron chi connectivity index (χ3n) is 4.11. The molecule has 0 spiro atoms. The molecule has 1 aliphatic heterocycles. The molecule has 7 heteroatoms. The molecule has 7 nitrogen and oxygen atoms in total. The standard InChI is InChI=1S/C17H18N4O3/c22-17(13-14-4-6-15(7-5-14)21(23)24)20-11-9-19(10-12-20)16-3-1-2-8-18-16/h1-8H,9-13H2. The predicted molar refractivity (Wildman–Crippen MR) is 89.8 cm³/mol. The number of amides is 1. The van der Waals surface area contributed by atoms with Crippen molar-refractivity contribution in [1.82, 2.24) is 9.88 Å². The average Bonchev–Trinajstić information content (AvgIpc) is 2.63. The fraction of sp³-hybridized carbons (Fsp3) is 0.294. The van der Waals surface area contributed by atoms with Gasteiger partial charge in [-0.3, -0.25) is 14.9 Å². The summed E-state index contributed by atoms with van der Waals surface area (Å²) in [5.74, 6) is 0.976. The lowest BCUT2D eigenvalue weighted by molar-refractivity contribution is -0.384. The number of piperazine rings is 1. The van der Waals surface area contributed by atoms with Crippen molar-refractivity contribution >= 4 is 17.4 Å². The van der Waals surface area contributed by atoms with Gasteiger partial charge in [-0.1, -0.05) is 18.2 Å². The smallest absolute Gasteiger partial charge is 0.269 e. The largest absolute Gasteiger partial charge is 0.353 e. The second-order valence-corrected chi connectivity index (χ2v) is 5.66. The maximum absolute atomic E-state index is 12.4. The lowest BCUT2D eigenvalue weighted by Gasteiger charge is -2.35. The Hall–Kier alpha value is -2.96. The number of non-ortho nitro benzene ring substituents is 1. The summed E-state index contributed by atoms with van der Waals surface area (Å²) in [5, 5.41) is 10.7. The van der Waals surface area contributed by atoms with Crippen LogP contribution >= 0.6 is 0 Å². The highest BCUT2D eigenvalue weighted by molar-refractivity contribution is 5.79. The number of hydrogen-bond donors (Lipinski definition) is 0. The van der Waals surface area contributed by atoms with Crippen LogP contribution in [0.5, 0.6) is 0 Å². The molecule has 0 saturated carbocycles. The summed E-state index contributed by atoms with van der Waals surface area (Å²) < 4.78 is 0. The molecule has 3 rings (SSSR count). The number of pyridine rings is 1. The van der Waals surface area contributed by atoms with E-state index >= 15 is 0 Å². The number of nitro benzene ring substituents is 1. The summed E-state index contributed by atoms with van der Waals surface area (Å²) in [5.41, 5.74) is 0.827. The molecule has 1 aromatic carbocycles. The van der Waals surface area contributed by atoms with Gasteiger partial charge >= 0.3 is 0 Å². The highest BCUT2D eigenvalue weighted by Gasteiger charge is 2.21. The lowest BCUT2D eigenvalue weighted by Crippen LogP contribution is -2.49. The number of anilines is 1. The Labute approximate surface area is 139 Å². The van der Waals surface area contributed by atoms with E-state index in [1.807, 2.05) is 23.1 Å². The van der Waals surface area contributed by atoms with E-state index in [0.717, 1.165) is 24.5 Å². The van der Waals surface area contributed by atoms with Crippen molar-refractivity contribution in [2.45, 2.75) is 6.42 Å². The number of carbonyl (C=O) groups is 1. The van der Waals surface area contributed by atoms with Gasteiger partial charge in [-0.25, -0.2) is 4.98 Å². The minimum atomic E-state index is -0.442. The average molecular weight is 326 g/mol. The van der Waals surface area contributed by atoms with Crippen LogP contribution in [-0.4, -0.2) is 46.9 Å². The van der Waals surface area contributed by atoms with E-state index in [-0.39, 0.29) is 18.0 Å². The normalized spacial score (nSPS) is 14.5. The van der Waals surface area contributed by atoms with Crippen molar-refractivity contribution in [3.63, 3.8) is 0 Å². The molecule has 0 atom stereocenters. The number of aromatic nitrogens is 1. The summed E-state index contributed by atoms with van der Waals surface area (Å²) in [6, 6.07) is 11.9.